The Hall–Kier alpha value is -0.200. The summed E-state index contributed by atoms with van der Waals surface area (Å²) in [5, 5.41) is 8.76. The van der Waals surface area contributed by atoms with Crippen molar-refractivity contribution in [3.63, 3.8) is 0 Å². The highest BCUT2D eigenvalue weighted by atomic mass is 32.2. The average molecular weight is 210 g/mol. The Morgan fingerprint density at radius 2 is 2.36 bits per heavy atom. The topological polar surface area (TPSA) is 27.0 Å². The summed E-state index contributed by atoms with van der Waals surface area (Å²) < 4.78 is 0. The van der Waals surface area contributed by atoms with E-state index in [2.05, 4.69) is 29.7 Å². The maximum absolute atomic E-state index is 8.76. The van der Waals surface area contributed by atoms with E-state index in [1.165, 1.54) is 37.4 Å². The lowest BCUT2D eigenvalue weighted by atomic mass is 10.0. The third-order valence-corrected chi connectivity index (χ3v) is 4.64. The van der Waals surface area contributed by atoms with Gasteiger partial charge >= 0.3 is 0 Å². The van der Waals surface area contributed by atoms with E-state index in [0.29, 0.717) is 11.5 Å². The van der Waals surface area contributed by atoms with Gasteiger partial charge < -0.3 is 0 Å². The number of nitrogens with zero attached hydrogens (tertiary/aromatic N) is 2. The second-order valence-electron chi connectivity index (χ2n) is 4.73. The Balaban J connectivity index is 1.87. The molecule has 2 rings (SSSR count). The summed E-state index contributed by atoms with van der Waals surface area (Å²) in [7, 11) is 0. The second kappa shape index (κ2) is 4.12. The zero-order valence-corrected chi connectivity index (χ0v) is 9.65. The van der Waals surface area contributed by atoms with Crippen molar-refractivity contribution >= 4 is 11.8 Å². The maximum atomic E-state index is 8.76. The minimum absolute atomic E-state index is 0.394. The van der Waals surface area contributed by atoms with Crippen LogP contribution in [0, 0.1) is 16.7 Å². The summed E-state index contributed by atoms with van der Waals surface area (Å²) in [5.74, 6) is 2.54. The van der Waals surface area contributed by atoms with E-state index in [1.807, 2.05) is 0 Å². The van der Waals surface area contributed by atoms with E-state index in [-0.39, 0.29) is 0 Å². The molecule has 78 valence electrons. The van der Waals surface area contributed by atoms with E-state index in [1.54, 1.807) is 0 Å². The van der Waals surface area contributed by atoms with Crippen molar-refractivity contribution in [2.45, 2.75) is 32.2 Å². The highest BCUT2D eigenvalue weighted by Gasteiger charge is 2.44. The zero-order chi connectivity index (χ0) is 10.0. The molecule has 0 spiro atoms. The maximum Gasteiger partial charge on any atom is 0.0628 e. The van der Waals surface area contributed by atoms with Crippen LogP contribution in [0.15, 0.2) is 0 Å². The van der Waals surface area contributed by atoms with E-state index in [4.69, 9.17) is 5.26 Å². The molecule has 0 radical (unpaired) electrons. The molecule has 0 aromatic rings. The summed E-state index contributed by atoms with van der Waals surface area (Å²) in [6.07, 6.45) is 3.32. The molecule has 14 heavy (non-hydrogen) atoms. The predicted octanol–water partition coefficient (Wildman–Crippen LogP) is 2.12. The van der Waals surface area contributed by atoms with Gasteiger partial charge in [-0.1, -0.05) is 0 Å². The van der Waals surface area contributed by atoms with Crippen molar-refractivity contribution in [1.29, 1.82) is 5.26 Å². The van der Waals surface area contributed by atoms with E-state index in [9.17, 15) is 0 Å². The van der Waals surface area contributed by atoms with Gasteiger partial charge in [-0.15, -0.1) is 0 Å². The molecule has 1 aliphatic heterocycles. The minimum Gasteiger partial charge on any atom is -0.298 e. The van der Waals surface area contributed by atoms with Crippen molar-refractivity contribution in [3.05, 3.63) is 0 Å². The third kappa shape index (κ3) is 2.24. The normalized spacial score (nSPS) is 31.0. The van der Waals surface area contributed by atoms with Gasteiger partial charge in [-0.25, -0.2) is 0 Å². The van der Waals surface area contributed by atoms with Crippen molar-refractivity contribution < 1.29 is 0 Å². The van der Waals surface area contributed by atoms with E-state index in [0.717, 1.165) is 6.42 Å². The Morgan fingerprint density at radius 3 is 2.93 bits per heavy atom. The first kappa shape index (κ1) is 10.3. The van der Waals surface area contributed by atoms with Crippen LogP contribution in [0.5, 0.6) is 0 Å². The zero-order valence-electron chi connectivity index (χ0n) is 8.83. The molecule has 1 heterocycles. The SMILES string of the molecule is CC1CSCCN1CC1(CC#N)CC1. The quantitative estimate of drug-likeness (QED) is 0.714. The van der Waals surface area contributed by atoms with Gasteiger partial charge in [0.05, 0.1) is 6.07 Å². The summed E-state index contributed by atoms with van der Waals surface area (Å²) in [4.78, 5) is 2.58. The van der Waals surface area contributed by atoms with Crippen LogP contribution in [0.1, 0.15) is 26.2 Å². The van der Waals surface area contributed by atoms with Crippen LogP contribution in [0.2, 0.25) is 0 Å². The Kier molecular flexibility index (Phi) is 3.04. The fraction of sp³-hybridized carbons (Fsp3) is 0.909. The summed E-state index contributed by atoms with van der Waals surface area (Å²) in [6.45, 7) is 4.70. The smallest absolute Gasteiger partial charge is 0.0628 e. The minimum atomic E-state index is 0.394. The number of hydrogen-bond donors (Lipinski definition) is 0. The molecule has 1 saturated heterocycles. The van der Waals surface area contributed by atoms with Crippen molar-refractivity contribution in [2.75, 3.05) is 24.6 Å². The van der Waals surface area contributed by atoms with Crippen LogP contribution in [0.4, 0.5) is 0 Å². The van der Waals surface area contributed by atoms with E-state index < -0.39 is 0 Å². The van der Waals surface area contributed by atoms with Gasteiger partial charge in [0.2, 0.25) is 0 Å². The summed E-state index contributed by atoms with van der Waals surface area (Å²) in [6, 6.07) is 3.06. The number of nitriles is 1. The van der Waals surface area contributed by atoms with Gasteiger partial charge in [-0.2, -0.15) is 17.0 Å². The molecule has 1 saturated carbocycles. The van der Waals surface area contributed by atoms with Gasteiger partial charge in [0.15, 0.2) is 0 Å². The molecule has 0 bridgehead atoms. The van der Waals surface area contributed by atoms with Crippen LogP contribution in [-0.4, -0.2) is 35.5 Å². The fourth-order valence-electron chi connectivity index (χ4n) is 2.16. The molecule has 2 aliphatic rings. The molecule has 2 fully saturated rings. The first-order valence-electron chi connectivity index (χ1n) is 5.44. The van der Waals surface area contributed by atoms with Gasteiger partial charge in [-0.05, 0) is 25.2 Å². The monoisotopic (exact) mass is 210 g/mol. The fourth-order valence-corrected chi connectivity index (χ4v) is 3.24. The first-order chi connectivity index (χ1) is 6.76. The molecule has 1 atom stereocenters. The van der Waals surface area contributed by atoms with Crippen molar-refractivity contribution in [1.82, 2.24) is 4.90 Å². The van der Waals surface area contributed by atoms with Gasteiger partial charge in [0.1, 0.15) is 0 Å². The second-order valence-corrected chi connectivity index (χ2v) is 5.88. The van der Waals surface area contributed by atoms with Crippen LogP contribution >= 0.6 is 11.8 Å². The van der Waals surface area contributed by atoms with Crippen LogP contribution in [-0.2, 0) is 0 Å². The van der Waals surface area contributed by atoms with Crippen molar-refractivity contribution in [2.24, 2.45) is 5.41 Å². The van der Waals surface area contributed by atoms with Gasteiger partial charge in [0.25, 0.3) is 0 Å². The predicted molar refractivity (Wildman–Crippen MR) is 60.3 cm³/mol. The standard InChI is InChI=1S/C11H18N2S/c1-10-8-14-7-6-13(10)9-11(2-3-11)4-5-12/h10H,2-4,6-9H2,1H3. The number of thioether (sulfide) groups is 1. The highest BCUT2D eigenvalue weighted by Crippen LogP contribution is 2.49. The van der Waals surface area contributed by atoms with Crippen LogP contribution in [0.25, 0.3) is 0 Å². The third-order valence-electron chi connectivity index (χ3n) is 3.45. The molecule has 0 aromatic carbocycles. The van der Waals surface area contributed by atoms with Crippen LogP contribution in [0.3, 0.4) is 0 Å². The van der Waals surface area contributed by atoms with Crippen molar-refractivity contribution in [3.8, 4) is 6.07 Å². The molecule has 1 unspecified atom stereocenters. The number of rotatable bonds is 3. The largest absolute Gasteiger partial charge is 0.298 e. The number of hydrogen-bond acceptors (Lipinski definition) is 3. The summed E-state index contributed by atoms with van der Waals surface area (Å²) >= 11 is 2.06. The molecule has 0 amide bonds. The lowest BCUT2D eigenvalue weighted by Gasteiger charge is -2.35. The first-order valence-corrected chi connectivity index (χ1v) is 6.60. The molecular formula is C11H18N2S. The molecular weight excluding hydrogens is 192 g/mol. The van der Waals surface area contributed by atoms with Gasteiger partial charge in [0, 0.05) is 37.1 Å². The van der Waals surface area contributed by atoms with Gasteiger partial charge in [-0.3, -0.25) is 4.90 Å². The molecule has 2 nitrogen and oxygen atoms in total. The molecule has 1 aliphatic carbocycles. The summed E-state index contributed by atoms with van der Waals surface area (Å²) in [5.41, 5.74) is 0.394. The highest BCUT2D eigenvalue weighted by molar-refractivity contribution is 7.99. The Morgan fingerprint density at radius 1 is 1.57 bits per heavy atom. The molecule has 0 aromatic heterocycles. The molecule has 0 N–H and O–H groups in total. The lowest BCUT2D eigenvalue weighted by molar-refractivity contribution is 0.187. The average Bonchev–Trinajstić information content (AvgIpc) is 2.90. The molecule has 3 heteroatoms. The van der Waals surface area contributed by atoms with Crippen LogP contribution < -0.4 is 0 Å². The van der Waals surface area contributed by atoms with E-state index >= 15 is 0 Å². The Bertz CT molecular complexity index is 242. The Labute approximate surface area is 90.7 Å². The lowest BCUT2D eigenvalue weighted by Crippen LogP contribution is -2.43.